The Morgan fingerprint density at radius 2 is 1.84 bits per heavy atom. The fourth-order valence-corrected chi connectivity index (χ4v) is 3.82. The van der Waals surface area contributed by atoms with Gasteiger partial charge in [0, 0.05) is 29.8 Å². The Labute approximate surface area is 208 Å². The average Bonchev–Trinajstić information content (AvgIpc) is 3.58. The normalized spacial score (nSPS) is 11.9. The second kappa shape index (κ2) is 9.09. The highest BCUT2D eigenvalue weighted by Gasteiger charge is 2.36. The molecule has 1 amide bonds. The summed E-state index contributed by atoms with van der Waals surface area (Å²) in [5.74, 6) is 0.124. The van der Waals surface area contributed by atoms with E-state index < -0.39 is 17.8 Å². The van der Waals surface area contributed by atoms with Crippen LogP contribution in [0, 0.1) is 0 Å². The number of nitrogen functional groups attached to an aromatic ring is 1. The van der Waals surface area contributed by atoms with E-state index in [1.165, 1.54) is 18.2 Å². The molecule has 0 bridgehead atoms. The van der Waals surface area contributed by atoms with Gasteiger partial charge in [0.1, 0.15) is 11.5 Å². The molecule has 0 saturated heterocycles. The summed E-state index contributed by atoms with van der Waals surface area (Å²) < 4.78 is 48.3. The van der Waals surface area contributed by atoms with Gasteiger partial charge in [0.05, 0.1) is 17.6 Å². The number of halogens is 3. The maximum absolute atomic E-state index is 13.5. The van der Waals surface area contributed by atoms with Gasteiger partial charge < -0.3 is 25.0 Å². The van der Waals surface area contributed by atoms with Crippen LogP contribution in [-0.4, -0.2) is 49.4 Å². The maximum atomic E-state index is 13.5. The Kier molecular flexibility index (Phi) is 5.91. The molecule has 0 radical (unpaired) electrons. The van der Waals surface area contributed by atoms with E-state index in [2.05, 4.69) is 20.6 Å². The zero-order valence-electron chi connectivity index (χ0n) is 19.7. The van der Waals surface area contributed by atoms with Gasteiger partial charge in [0.2, 0.25) is 0 Å². The average molecular weight is 510 g/mol. The molecule has 3 N–H and O–H groups in total. The molecule has 0 aliphatic rings. The second-order valence-electron chi connectivity index (χ2n) is 8.52. The summed E-state index contributed by atoms with van der Waals surface area (Å²) in [5, 5.41) is 10.3. The van der Waals surface area contributed by atoms with E-state index in [0.717, 1.165) is 16.2 Å². The van der Waals surface area contributed by atoms with Gasteiger partial charge in [-0.15, -0.1) is 0 Å². The number of nitrogens with one attached hydrogen (secondary N) is 1. The Morgan fingerprint density at radius 3 is 2.54 bits per heavy atom. The SMILES string of the molecule is CN(C)Cc1nccn1-c1ccc(NC(=O)c2cc(C(F)(F)F)nn2-c2ccc3onc(N)c3c2)cc1. The van der Waals surface area contributed by atoms with E-state index in [1.54, 1.807) is 30.5 Å². The van der Waals surface area contributed by atoms with Crippen molar-refractivity contribution in [2.75, 3.05) is 25.1 Å². The third kappa shape index (κ3) is 4.76. The number of benzene rings is 2. The number of anilines is 2. The van der Waals surface area contributed by atoms with Crippen LogP contribution in [0.2, 0.25) is 0 Å². The van der Waals surface area contributed by atoms with Crippen LogP contribution in [0.4, 0.5) is 24.7 Å². The molecule has 3 heterocycles. The van der Waals surface area contributed by atoms with Gasteiger partial charge in [-0.3, -0.25) is 4.79 Å². The summed E-state index contributed by atoms with van der Waals surface area (Å²) >= 11 is 0. The Morgan fingerprint density at radius 1 is 1.11 bits per heavy atom. The first-order valence-corrected chi connectivity index (χ1v) is 11.0. The van der Waals surface area contributed by atoms with Crippen molar-refractivity contribution in [1.29, 1.82) is 0 Å². The number of carbonyl (C=O) groups excluding carboxylic acids is 1. The standard InChI is InChI=1S/C24H21F3N8O2/c1-33(2)13-21-29-9-10-34(21)15-5-3-14(4-6-15)30-23(36)18-12-20(24(25,26)27)31-35(18)16-7-8-19-17(11-16)22(28)32-37-19/h3-12H,13H2,1-2H3,(H2,28,32)(H,30,36). The monoisotopic (exact) mass is 510 g/mol. The molecular weight excluding hydrogens is 489 g/mol. The fourth-order valence-electron chi connectivity index (χ4n) is 3.82. The van der Waals surface area contributed by atoms with Gasteiger partial charge in [0.25, 0.3) is 5.91 Å². The number of imidazole rings is 1. The lowest BCUT2D eigenvalue weighted by Gasteiger charge is -2.13. The van der Waals surface area contributed by atoms with Crippen LogP contribution >= 0.6 is 0 Å². The predicted molar refractivity (Wildman–Crippen MR) is 129 cm³/mol. The van der Waals surface area contributed by atoms with Crippen molar-refractivity contribution in [2.45, 2.75) is 12.7 Å². The van der Waals surface area contributed by atoms with Crippen molar-refractivity contribution >= 4 is 28.4 Å². The highest BCUT2D eigenvalue weighted by molar-refractivity contribution is 6.03. The van der Waals surface area contributed by atoms with Crippen molar-refractivity contribution in [3.05, 3.63) is 78.1 Å². The first-order chi connectivity index (χ1) is 17.6. The van der Waals surface area contributed by atoms with E-state index in [-0.39, 0.29) is 17.2 Å². The molecule has 0 atom stereocenters. The van der Waals surface area contributed by atoms with Crippen LogP contribution in [-0.2, 0) is 12.7 Å². The van der Waals surface area contributed by atoms with Crippen LogP contribution in [0.1, 0.15) is 22.0 Å². The summed E-state index contributed by atoms with van der Waals surface area (Å²) in [6.45, 7) is 0.628. The predicted octanol–water partition coefficient (Wildman–Crippen LogP) is 4.11. The summed E-state index contributed by atoms with van der Waals surface area (Å²) in [6, 6.07) is 12.0. The smallest absolute Gasteiger partial charge is 0.380 e. The molecule has 0 fully saturated rings. The molecule has 0 saturated carbocycles. The Hall–Kier alpha value is -4.65. The number of nitrogens with two attached hydrogens (primary N) is 1. The molecular formula is C24H21F3N8O2. The minimum atomic E-state index is -4.75. The van der Waals surface area contributed by atoms with E-state index in [1.807, 2.05) is 29.8 Å². The van der Waals surface area contributed by atoms with Crippen molar-refractivity contribution in [3.63, 3.8) is 0 Å². The highest BCUT2D eigenvalue weighted by Crippen LogP contribution is 2.31. The molecule has 3 aromatic heterocycles. The zero-order chi connectivity index (χ0) is 26.3. The van der Waals surface area contributed by atoms with Crippen LogP contribution in [0.5, 0.6) is 0 Å². The molecule has 37 heavy (non-hydrogen) atoms. The van der Waals surface area contributed by atoms with Gasteiger partial charge in [-0.05, 0) is 56.6 Å². The first-order valence-electron chi connectivity index (χ1n) is 11.0. The third-order valence-electron chi connectivity index (χ3n) is 5.54. The first kappa shape index (κ1) is 24.1. The number of amides is 1. The molecule has 10 nitrogen and oxygen atoms in total. The van der Waals surface area contributed by atoms with E-state index in [9.17, 15) is 18.0 Å². The molecule has 0 aliphatic heterocycles. The number of hydrogen-bond donors (Lipinski definition) is 2. The molecule has 0 unspecified atom stereocenters. The largest absolute Gasteiger partial charge is 0.435 e. The van der Waals surface area contributed by atoms with Crippen LogP contribution in [0.25, 0.3) is 22.3 Å². The van der Waals surface area contributed by atoms with Crippen molar-refractivity contribution < 1.29 is 22.5 Å². The molecule has 2 aromatic carbocycles. The van der Waals surface area contributed by atoms with Gasteiger partial charge >= 0.3 is 6.18 Å². The lowest BCUT2D eigenvalue weighted by Crippen LogP contribution is -2.17. The zero-order valence-corrected chi connectivity index (χ0v) is 19.7. The van der Waals surface area contributed by atoms with Crippen LogP contribution in [0.3, 0.4) is 0 Å². The fraction of sp³-hybridized carbons (Fsp3) is 0.167. The van der Waals surface area contributed by atoms with Crippen molar-refractivity contribution in [2.24, 2.45) is 0 Å². The minimum Gasteiger partial charge on any atom is -0.380 e. The van der Waals surface area contributed by atoms with Crippen LogP contribution in [0.15, 0.2) is 65.4 Å². The molecule has 0 aliphatic carbocycles. The number of aromatic nitrogens is 5. The number of hydrogen-bond acceptors (Lipinski definition) is 7. The molecule has 5 aromatic rings. The summed E-state index contributed by atoms with van der Waals surface area (Å²) in [5.41, 5.74) is 6.00. The maximum Gasteiger partial charge on any atom is 0.435 e. The van der Waals surface area contributed by atoms with E-state index >= 15 is 0 Å². The minimum absolute atomic E-state index is 0.0674. The lowest BCUT2D eigenvalue weighted by atomic mass is 10.2. The second-order valence-corrected chi connectivity index (χ2v) is 8.52. The summed E-state index contributed by atoms with van der Waals surface area (Å²) in [7, 11) is 3.87. The lowest BCUT2D eigenvalue weighted by molar-refractivity contribution is -0.141. The van der Waals surface area contributed by atoms with Crippen molar-refractivity contribution in [1.82, 2.24) is 29.4 Å². The number of alkyl halides is 3. The molecule has 5 rings (SSSR count). The van der Waals surface area contributed by atoms with Gasteiger partial charge in [-0.1, -0.05) is 5.16 Å². The molecule has 190 valence electrons. The van der Waals surface area contributed by atoms with Gasteiger partial charge in [-0.25, -0.2) is 9.67 Å². The summed E-state index contributed by atoms with van der Waals surface area (Å²) in [6.07, 6.45) is -1.24. The number of carbonyl (C=O) groups is 1. The van der Waals surface area contributed by atoms with Gasteiger partial charge in [0.15, 0.2) is 17.1 Å². The number of nitrogens with zero attached hydrogens (tertiary/aromatic N) is 6. The molecule has 0 spiro atoms. The Bertz CT molecular complexity index is 1580. The molecule has 13 heteroatoms. The quantitative estimate of drug-likeness (QED) is 0.353. The Balaban J connectivity index is 1.45. The topological polar surface area (TPSA) is 120 Å². The van der Waals surface area contributed by atoms with Crippen LogP contribution < -0.4 is 11.1 Å². The van der Waals surface area contributed by atoms with Crippen molar-refractivity contribution in [3.8, 4) is 11.4 Å². The third-order valence-corrected chi connectivity index (χ3v) is 5.54. The number of rotatable bonds is 6. The number of fused-ring (bicyclic) bond motifs is 1. The van der Waals surface area contributed by atoms with Gasteiger partial charge in [-0.2, -0.15) is 18.3 Å². The highest BCUT2D eigenvalue weighted by atomic mass is 19.4. The summed E-state index contributed by atoms with van der Waals surface area (Å²) in [4.78, 5) is 19.4. The van der Waals surface area contributed by atoms with E-state index in [4.69, 9.17) is 10.3 Å². The van der Waals surface area contributed by atoms with E-state index in [0.29, 0.717) is 29.3 Å².